The van der Waals surface area contributed by atoms with E-state index in [0.717, 1.165) is 47.5 Å². The molecule has 134 valence electrons. The van der Waals surface area contributed by atoms with Gasteiger partial charge in [-0.05, 0) is 50.5 Å². The fourth-order valence-electron chi connectivity index (χ4n) is 3.45. The summed E-state index contributed by atoms with van der Waals surface area (Å²) in [7, 11) is 2.18. The van der Waals surface area contributed by atoms with Gasteiger partial charge in [0.25, 0.3) is 0 Å². The highest BCUT2D eigenvalue weighted by Gasteiger charge is 2.18. The molecule has 1 saturated heterocycles. The van der Waals surface area contributed by atoms with Crippen molar-refractivity contribution in [1.29, 1.82) is 0 Å². The minimum Gasteiger partial charge on any atom is -0.493 e. The zero-order valence-electron chi connectivity index (χ0n) is 14.9. The Balaban J connectivity index is 1.67. The highest BCUT2D eigenvalue weighted by Crippen LogP contribution is 2.36. The molecule has 26 heavy (non-hydrogen) atoms. The predicted octanol–water partition coefficient (Wildman–Crippen LogP) is 4.67. The Bertz CT molecular complexity index is 892. The molecule has 0 aliphatic carbocycles. The van der Waals surface area contributed by atoms with Crippen LogP contribution < -0.4 is 4.74 Å². The molecule has 2 heterocycles. The lowest BCUT2D eigenvalue weighted by molar-refractivity contribution is 0.160. The van der Waals surface area contributed by atoms with E-state index in [1.807, 2.05) is 30.3 Å². The minimum atomic E-state index is 0.467. The van der Waals surface area contributed by atoms with Gasteiger partial charge in [-0.15, -0.1) is 0 Å². The summed E-state index contributed by atoms with van der Waals surface area (Å²) in [5.41, 5.74) is 2.94. The largest absolute Gasteiger partial charge is 0.493 e. The number of halogens is 1. The van der Waals surface area contributed by atoms with E-state index >= 15 is 0 Å². The number of benzene rings is 2. The van der Waals surface area contributed by atoms with Gasteiger partial charge in [-0.3, -0.25) is 0 Å². The minimum absolute atomic E-state index is 0.467. The van der Waals surface area contributed by atoms with Crippen LogP contribution in [0.3, 0.4) is 0 Å². The van der Waals surface area contributed by atoms with Crippen LogP contribution in [0.4, 0.5) is 0 Å². The first-order valence-electron chi connectivity index (χ1n) is 9.02. The third-order valence-corrected chi connectivity index (χ3v) is 5.39. The monoisotopic (exact) mass is 367 g/mol. The van der Waals surface area contributed by atoms with Gasteiger partial charge in [0.2, 0.25) is 0 Å². The molecule has 0 radical (unpaired) electrons. The lowest BCUT2D eigenvalue weighted by Crippen LogP contribution is -2.32. The molecular weight excluding hydrogens is 346 g/mol. The fraction of sp³-hybridized carbons (Fsp3) is 0.333. The molecule has 0 unspecified atom stereocenters. The molecule has 1 aliphatic rings. The van der Waals surface area contributed by atoms with Gasteiger partial charge in [-0.25, -0.2) is 9.97 Å². The van der Waals surface area contributed by atoms with Crippen molar-refractivity contribution in [3.05, 3.63) is 53.9 Å². The molecule has 0 amide bonds. The number of likely N-dealkylation sites (tertiary alicyclic amines) is 1. The smallest absolute Gasteiger partial charge is 0.140 e. The zero-order valence-corrected chi connectivity index (χ0v) is 15.6. The quantitative estimate of drug-likeness (QED) is 0.628. The van der Waals surface area contributed by atoms with Crippen LogP contribution in [0.25, 0.3) is 22.0 Å². The second-order valence-corrected chi connectivity index (χ2v) is 7.31. The van der Waals surface area contributed by atoms with E-state index in [1.54, 1.807) is 0 Å². The number of aromatic nitrogens is 2. The van der Waals surface area contributed by atoms with Gasteiger partial charge in [0.05, 0.1) is 12.1 Å². The normalized spacial score (nSPS) is 16.1. The number of hydrogen-bond donors (Lipinski definition) is 0. The number of nitrogens with zero attached hydrogens (tertiary/aromatic N) is 3. The Labute approximate surface area is 158 Å². The first-order chi connectivity index (χ1) is 12.7. The molecule has 1 fully saturated rings. The van der Waals surface area contributed by atoms with Crippen LogP contribution in [0.1, 0.15) is 12.8 Å². The maximum atomic E-state index is 6.29. The molecule has 1 aromatic heterocycles. The SMILES string of the molecule is CN1CCC(COc2cc3ncnc(Cl)c3cc2-c2ccccc2)CC1. The topological polar surface area (TPSA) is 38.2 Å². The second kappa shape index (κ2) is 7.60. The van der Waals surface area contributed by atoms with E-state index in [-0.39, 0.29) is 0 Å². The molecule has 0 atom stereocenters. The molecule has 3 aromatic rings. The molecule has 1 aliphatic heterocycles. The summed E-state index contributed by atoms with van der Waals surface area (Å²) in [6.45, 7) is 3.01. The van der Waals surface area contributed by atoms with Crippen LogP contribution in [-0.4, -0.2) is 41.6 Å². The van der Waals surface area contributed by atoms with Crippen molar-refractivity contribution in [2.45, 2.75) is 12.8 Å². The number of fused-ring (bicyclic) bond motifs is 1. The van der Waals surface area contributed by atoms with Gasteiger partial charge in [0.1, 0.15) is 17.2 Å². The summed E-state index contributed by atoms with van der Waals surface area (Å²) in [5, 5.41) is 1.31. The molecule has 0 bridgehead atoms. The van der Waals surface area contributed by atoms with Gasteiger partial charge in [0.15, 0.2) is 0 Å². The number of piperidine rings is 1. The molecule has 0 N–H and O–H groups in total. The summed E-state index contributed by atoms with van der Waals surface area (Å²) < 4.78 is 6.29. The van der Waals surface area contributed by atoms with Crippen LogP contribution >= 0.6 is 11.6 Å². The van der Waals surface area contributed by atoms with E-state index in [0.29, 0.717) is 11.1 Å². The summed E-state index contributed by atoms with van der Waals surface area (Å²) >= 11 is 6.28. The van der Waals surface area contributed by atoms with Crippen molar-refractivity contribution in [1.82, 2.24) is 14.9 Å². The Morgan fingerprint density at radius 2 is 1.88 bits per heavy atom. The van der Waals surface area contributed by atoms with Crippen molar-refractivity contribution in [3.8, 4) is 16.9 Å². The third kappa shape index (κ3) is 3.67. The van der Waals surface area contributed by atoms with E-state index < -0.39 is 0 Å². The maximum absolute atomic E-state index is 6.29. The Morgan fingerprint density at radius 3 is 2.65 bits per heavy atom. The summed E-state index contributed by atoms with van der Waals surface area (Å²) in [5.74, 6) is 1.46. The van der Waals surface area contributed by atoms with Gasteiger partial charge >= 0.3 is 0 Å². The molecule has 0 saturated carbocycles. The molecule has 5 heteroatoms. The van der Waals surface area contributed by atoms with Crippen LogP contribution in [0.15, 0.2) is 48.8 Å². The van der Waals surface area contributed by atoms with Gasteiger partial charge in [-0.2, -0.15) is 0 Å². The Morgan fingerprint density at radius 1 is 1.12 bits per heavy atom. The molecule has 4 nitrogen and oxygen atoms in total. The first-order valence-corrected chi connectivity index (χ1v) is 9.39. The lowest BCUT2D eigenvalue weighted by atomic mass is 9.98. The van der Waals surface area contributed by atoms with Crippen LogP contribution in [0, 0.1) is 5.92 Å². The van der Waals surface area contributed by atoms with Gasteiger partial charge in [-0.1, -0.05) is 41.9 Å². The highest BCUT2D eigenvalue weighted by molar-refractivity contribution is 6.34. The van der Waals surface area contributed by atoms with E-state index in [2.05, 4.69) is 34.0 Å². The van der Waals surface area contributed by atoms with E-state index in [4.69, 9.17) is 16.3 Å². The van der Waals surface area contributed by atoms with E-state index in [1.165, 1.54) is 19.2 Å². The summed E-state index contributed by atoms with van der Waals surface area (Å²) in [6.07, 6.45) is 3.85. The van der Waals surface area contributed by atoms with Gasteiger partial charge in [0, 0.05) is 17.0 Å². The zero-order chi connectivity index (χ0) is 17.9. The maximum Gasteiger partial charge on any atom is 0.140 e. The highest BCUT2D eigenvalue weighted by atomic mass is 35.5. The van der Waals surface area contributed by atoms with Crippen molar-refractivity contribution in [2.24, 2.45) is 5.92 Å². The van der Waals surface area contributed by atoms with E-state index in [9.17, 15) is 0 Å². The van der Waals surface area contributed by atoms with Crippen LogP contribution in [-0.2, 0) is 0 Å². The molecular formula is C21H22ClN3O. The van der Waals surface area contributed by atoms with Crippen LogP contribution in [0.5, 0.6) is 5.75 Å². The van der Waals surface area contributed by atoms with Crippen molar-refractivity contribution >= 4 is 22.5 Å². The van der Waals surface area contributed by atoms with Crippen LogP contribution in [0.2, 0.25) is 5.15 Å². The second-order valence-electron chi connectivity index (χ2n) is 6.95. The number of ether oxygens (including phenoxy) is 1. The van der Waals surface area contributed by atoms with Crippen molar-refractivity contribution < 1.29 is 4.74 Å². The molecule has 2 aromatic carbocycles. The first kappa shape index (κ1) is 17.3. The molecule has 4 rings (SSSR count). The lowest BCUT2D eigenvalue weighted by Gasteiger charge is -2.29. The Kier molecular flexibility index (Phi) is 5.05. The number of rotatable bonds is 4. The third-order valence-electron chi connectivity index (χ3n) is 5.09. The van der Waals surface area contributed by atoms with Crippen molar-refractivity contribution in [3.63, 3.8) is 0 Å². The number of hydrogen-bond acceptors (Lipinski definition) is 4. The van der Waals surface area contributed by atoms with Gasteiger partial charge < -0.3 is 9.64 Å². The standard InChI is InChI=1S/C21H22ClN3O/c1-25-9-7-15(8-10-25)13-26-20-12-19-18(21(22)24-14-23-19)11-17(20)16-5-3-2-4-6-16/h2-6,11-12,14-15H,7-10,13H2,1H3. The fourth-order valence-corrected chi connectivity index (χ4v) is 3.65. The van der Waals surface area contributed by atoms with Crippen molar-refractivity contribution in [2.75, 3.05) is 26.7 Å². The molecule has 0 spiro atoms. The summed E-state index contributed by atoms with van der Waals surface area (Å²) in [4.78, 5) is 10.8. The predicted molar refractivity (Wildman–Crippen MR) is 106 cm³/mol. The summed E-state index contributed by atoms with van der Waals surface area (Å²) in [6, 6.07) is 14.3. The average molecular weight is 368 g/mol. The Hall–Kier alpha value is -2.17. The average Bonchev–Trinajstić information content (AvgIpc) is 2.68.